The van der Waals surface area contributed by atoms with Crippen molar-refractivity contribution >= 4 is 0 Å². The predicted molar refractivity (Wildman–Crippen MR) is 120 cm³/mol. The summed E-state index contributed by atoms with van der Waals surface area (Å²) < 4.78 is 27.5. The first kappa shape index (κ1) is 23.4. The van der Waals surface area contributed by atoms with Crippen molar-refractivity contribution in [2.45, 2.75) is 114 Å². The molecule has 0 aromatic rings. The molecule has 0 bridgehead atoms. The Bertz CT molecular complexity index is 636. The molecule has 0 aromatic carbocycles. The Morgan fingerprint density at radius 3 is 2.59 bits per heavy atom. The van der Waals surface area contributed by atoms with E-state index < -0.39 is 18.7 Å². The maximum atomic E-state index is 13.9. The molecule has 0 spiro atoms. The van der Waals surface area contributed by atoms with Crippen molar-refractivity contribution in [1.29, 1.82) is 0 Å². The Kier molecular flexibility index (Phi) is 7.11. The van der Waals surface area contributed by atoms with Crippen LogP contribution in [0.2, 0.25) is 0 Å². The Morgan fingerprint density at radius 1 is 1.00 bits per heavy atom. The third-order valence-corrected chi connectivity index (χ3v) is 9.73. The second-order valence-electron chi connectivity index (χ2n) is 11.7. The van der Waals surface area contributed by atoms with Gasteiger partial charge in [0.1, 0.15) is 12.3 Å². The summed E-state index contributed by atoms with van der Waals surface area (Å²) in [6, 6.07) is 0.175. The topological polar surface area (TPSA) is 67.8 Å². The Morgan fingerprint density at radius 2 is 1.88 bits per heavy atom. The highest BCUT2D eigenvalue weighted by Gasteiger charge is 2.61. The van der Waals surface area contributed by atoms with Crippen LogP contribution in [0, 0.1) is 23.2 Å². The molecule has 5 fully saturated rings. The van der Waals surface area contributed by atoms with Crippen LogP contribution in [0.25, 0.3) is 0 Å². The molecule has 1 heterocycles. The molecular weight excluding hydrogens is 412 g/mol. The first-order chi connectivity index (χ1) is 15.4. The van der Waals surface area contributed by atoms with Crippen LogP contribution in [0.5, 0.6) is 0 Å². The highest BCUT2D eigenvalue weighted by Crippen LogP contribution is 2.68. The maximum Gasteiger partial charge on any atom is 0.163 e. The van der Waals surface area contributed by atoms with Crippen LogP contribution in [0.1, 0.15) is 77.0 Å². The number of hydrogen-bond acceptors (Lipinski definition) is 5. The molecule has 10 atom stereocenters. The van der Waals surface area contributed by atoms with Crippen molar-refractivity contribution in [2.24, 2.45) is 23.2 Å². The Balaban J connectivity index is 1.22. The van der Waals surface area contributed by atoms with Crippen LogP contribution >= 0.6 is 0 Å². The van der Waals surface area contributed by atoms with Gasteiger partial charge in [-0.25, -0.2) is 8.78 Å². The standard InChI is InChI=1S/C25H43F2N3O2/c26-22-5-4-19(12-23(22)27)29-24(32)30(15-16-7-9-28-14-16)20-6-8-25(13-18(25)10-20)17-2-1-3-21(31)11-17/h16-24,28-29,31-32H,1-15H2/t16?,17-,18?,19?,20?,21?,22?,23?,24?,25?/m1/s1. The van der Waals surface area contributed by atoms with Gasteiger partial charge in [-0.1, -0.05) is 6.42 Å². The average Bonchev–Trinajstić information content (AvgIpc) is 3.29. The summed E-state index contributed by atoms with van der Waals surface area (Å²) in [6.45, 7) is 2.88. The first-order valence-corrected chi connectivity index (χ1v) is 13.3. The van der Waals surface area contributed by atoms with Crippen LogP contribution in [0.4, 0.5) is 8.78 Å². The fraction of sp³-hybridized carbons (Fsp3) is 1.00. The largest absolute Gasteiger partial charge is 0.393 e. The molecular formula is C25H43F2N3O2. The third-order valence-electron chi connectivity index (χ3n) is 9.73. The van der Waals surface area contributed by atoms with Crippen LogP contribution in [-0.4, -0.2) is 71.6 Å². The van der Waals surface area contributed by atoms with E-state index >= 15 is 0 Å². The van der Waals surface area contributed by atoms with Gasteiger partial charge >= 0.3 is 0 Å². The van der Waals surface area contributed by atoms with Crippen LogP contribution in [0.3, 0.4) is 0 Å². The second kappa shape index (κ2) is 9.73. The molecule has 184 valence electrons. The van der Waals surface area contributed by atoms with Gasteiger partial charge in [0.05, 0.1) is 6.10 Å². The zero-order valence-corrected chi connectivity index (χ0v) is 19.4. The number of nitrogens with one attached hydrogen (secondary N) is 2. The lowest BCUT2D eigenvalue weighted by molar-refractivity contribution is -0.0804. The molecule has 0 aromatic heterocycles. The van der Waals surface area contributed by atoms with Gasteiger partial charge < -0.3 is 15.5 Å². The van der Waals surface area contributed by atoms with Gasteiger partial charge in [-0.05, 0) is 107 Å². The van der Waals surface area contributed by atoms with E-state index in [9.17, 15) is 19.0 Å². The SMILES string of the molecule is OC1CCC[C@@H](C23CCC(N(CC4CCNC4)C(O)NC4CCC(F)C(F)C4)CC2C3)C1. The maximum absolute atomic E-state index is 13.9. The monoisotopic (exact) mass is 455 g/mol. The Labute approximate surface area is 191 Å². The minimum absolute atomic E-state index is 0.113. The Hall–Kier alpha value is -0.340. The predicted octanol–water partition coefficient (Wildman–Crippen LogP) is 3.10. The molecule has 4 N–H and O–H groups in total. The smallest absolute Gasteiger partial charge is 0.163 e. The average molecular weight is 456 g/mol. The number of halogens is 2. The molecule has 7 heteroatoms. The lowest BCUT2D eigenvalue weighted by Crippen LogP contribution is -2.57. The van der Waals surface area contributed by atoms with Crippen LogP contribution in [0.15, 0.2) is 0 Å². The number of alkyl halides is 2. The highest BCUT2D eigenvalue weighted by molar-refractivity contribution is 5.11. The van der Waals surface area contributed by atoms with E-state index in [0.717, 1.165) is 58.2 Å². The van der Waals surface area contributed by atoms with Gasteiger partial charge in [0.15, 0.2) is 6.35 Å². The summed E-state index contributed by atoms with van der Waals surface area (Å²) in [5.74, 6) is 1.91. The number of aliphatic hydroxyl groups excluding tert-OH is 2. The number of aliphatic hydroxyl groups is 2. The number of nitrogens with zero attached hydrogens (tertiary/aromatic N) is 1. The fourth-order valence-corrected chi connectivity index (χ4v) is 7.75. The van der Waals surface area contributed by atoms with Gasteiger partial charge in [-0.15, -0.1) is 0 Å². The van der Waals surface area contributed by atoms with E-state index in [2.05, 4.69) is 15.5 Å². The molecule has 9 unspecified atom stereocenters. The normalized spacial score (nSPS) is 47.9. The van der Waals surface area contributed by atoms with E-state index in [4.69, 9.17) is 0 Å². The lowest BCUT2D eigenvalue weighted by atomic mass is 9.70. The summed E-state index contributed by atoms with van der Waals surface area (Å²) in [6.07, 6.45) is 7.46. The first-order valence-electron chi connectivity index (χ1n) is 13.3. The number of rotatable bonds is 7. The minimum atomic E-state index is -1.42. The summed E-state index contributed by atoms with van der Waals surface area (Å²) in [5.41, 5.74) is 0.442. The van der Waals surface area contributed by atoms with Crippen molar-refractivity contribution in [3.8, 4) is 0 Å². The third kappa shape index (κ3) is 4.88. The molecule has 0 radical (unpaired) electrons. The van der Waals surface area contributed by atoms with Crippen molar-refractivity contribution in [3.05, 3.63) is 0 Å². The van der Waals surface area contributed by atoms with Gasteiger partial charge in [0.25, 0.3) is 0 Å². The summed E-state index contributed by atoms with van der Waals surface area (Å²) in [7, 11) is 0. The quantitative estimate of drug-likeness (QED) is 0.444. The van der Waals surface area contributed by atoms with Gasteiger partial charge in [0.2, 0.25) is 0 Å². The molecule has 0 amide bonds. The van der Waals surface area contributed by atoms with Crippen LogP contribution in [-0.2, 0) is 0 Å². The summed E-state index contributed by atoms with van der Waals surface area (Å²) >= 11 is 0. The number of fused-ring (bicyclic) bond motifs is 1. The molecule has 4 aliphatic carbocycles. The van der Waals surface area contributed by atoms with Crippen molar-refractivity contribution in [1.82, 2.24) is 15.5 Å². The van der Waals surface area contributed by atoms with Gasteiger partial charge in [-0.2, -0.15) is 0 Å². The second-order valence-corrected chi connectivity index (χ2v) is 11.7. The molecule has 1 saturated heterocycles. The fourth-order valence-electron chi connectivity index (χ4n) is 7.75. The van der Waals surface area contributed by atoms with E-state index in [1.165, 1.54) is 19.3 Å². The highest BCUT2D eigenvalue weighted by atomic mass is 19.2. The molecule has 5 rings (SSSR count). The van der Waals surface area contributed by atoms with E-state index in [1.807, 2.05) is 0 Å². The molecule has 1 aliphatic heterocycles. The van der Waals surface area contributed by atoms with Crippen molar-refractivity contribution < 1.29 is 19.0 Å². The molecule has 5 nitrogen and oxygen atoms in total. The summed E-state index contributed by atoms with van der Waals surface area (Å²) in [5, 5.41) is 28.1. The van der Waals surface area contributed by atoms with E-state index in [-0.39, 0.29) is 25.0 Å². The zero-order chi connectivity index (χ0) is 22.3. The molecule has 32 heavy (non-hydrogen) atoms. The van der Waals surface area contributed by atoms with Crippen molar-refractivity contribution in [2.75, 3.05) is 19.6 Å². The zero-order valence-electron chi connectivity index (χ0n) is 19.4. The lowest BCUT2D eigenvalue weighted by Gasteiger charge is -2.44. The van der Waals surface area contributed by atoms with Gasteiger partial charge in [-0.3, -0.25) is 10.2 Å². The molecule has 4 saturated carbocycles. The van der Waals surface area contributed by atoms with E-state index in [0.29, 0.717) is 35.6 Å². The summed E-state index contributed by atoms with van der Waals surface area (Å²) in [4.78, 5) is 2.25. The minimum Gasteiger partial charge on any atom is -0.393 e. The molecule has 5 aliphatic rings. The van der Waals surface area contributed by atoms with Crippen LogP contribution < -0.4 is 10.6 Å². The van der Waals surface area contributed by atoms with Crippen molar-refractivity contribution in [3.63, 3.8) is 0 Å². The van der Waals surface area contributed by atoms with Gasteiger partial charge in [0, 0.05) is 18.6 Å². The number of hydrogen-bond donors (Lipinski definition) is 4. The van der Waals surface area contributed by atoms with E-state index in [1.54, 1.807) is 0 Å².